The topological polar surface area (TPSA) is 68.3 Å². The van der Waals surface area contributed by atoms with Crippen molar-refractivity contribution in [3.63, 3.8) is 0 Å². The fraction of sp³-hybridized carbons (Fsp3) is 0.562. The summed E-state index contributed by atoms with van der Waals surface area (Å²) in [5, 5.41) is 0. The Morgan fingerprint density at radius 3 is 2.07 bits per heavy atom. The van der Waals surface area contributed by atoms with E-state index in [1.165, 1.54) is 11.8 Å². The fourth-order valence-corrected chi connectivity index (χ4v) is 6.56. The van der Waals surface area contributed by atoms with Gasteiger partial charge >= 0.3 is 12.3 Å². The van der Waals surface area contributed by atoms with Crippen LogP contribution in [0.15, 0.2) is 42.5 Å². The van der Waals surface area contributed by atoms with E-state index in [9.17, 15) is 27.2 Å². The second kappa shape index (κ2) is 12.0. The Labute approximate surface area is 250 Å². The summed E-state index contributed by atoms with van der Waals surface area (Å²) >= 11 is 0. The SMILES string of the molecule is COc1ccccc1C1CN(C(=O)OC(C)(C)C)CCC12CCN(C(=O)C(OC)(c1cc(C)cc(F)c1)C(F)(F)F)CC2. The van der Waals surface area contributed by atoms with Crippen LogP contribution in [-0.2, 0) is 19.9 Å². The Kier molecular flexibility index (Phi) is 9.07. The Balaban J connectivity index is 1.66. The van der Waals surface area contributed by atoms with Gasteiger partial charge in [-0.05, 0) is 81.7 Å². The minimum absolute atomic E-state index is 0.0341. The standard InChI is InChI=1S/C32H40F4N2O5/c1-21-17-22(19-23(33)18-21)31(42-6,32(34,35)36)27(39)37-14-11-30(12-15-37)13-16-38(28(40)43-29(2,3)4)20-25(30)24-9-7-8-10-26(24)41-5/h7-10,17-19,25H,11-16,20H2,1-6H3. The van der Waals surface area contributed by atoms with Crippen molar-refractivity contribution in [1.82, 2.24) is 9.80 Å². The van der Waals surface area contributed by atoms with E-state index in [2.05, 4.69) is 0 Å². The molecule has 2 unspecified atom stereocenters. The number of halogens is 4. The van der Waals surface area contributed by atoms with Gasteiger partial charge in [0.05, 0.1) is 7.11 Å². The third-order valence-electron chi connectivity index (χ3n) is 8.69. The molecular weight excluding hydrogens is 568 g/mol. The van der Waals surface area contributed by atoms with Gasteiger partial charge in [-0.15, -0.1) is 0 Å². The van der Waals surface area contributed by atoms with E-state index in [1.807, 2.05) is 24.3 Å². The average molecular weight is 609 g/mol. The van der Waals surface area contributed by atoms with Crippen molar-refractivity contribution in [1.29, 1.82) is 0 Å². The van der Waals surface area contributed by atoms with E-state index >= 15 is 0 Å². The van der Waals surface area contributed by atoms with Crippen LogP contribution < -0.4 is 4.74 Å². The molecule has 0 aromatic heterocycles. The lowest BCUT2D eigenvalue weighted by Gasteiger charge is -2.52. The molecule has 2 saturated heterocycles. The quantitative estimate of drug-likeness (QED) is 0.359. The number of likely N-dealkylation sites (tertiary alicyclic amines) is 2. The minimum Gasteiger partial charge on any atom is -0.496 e. The number of benzene rings is 2. The lowest BCUT2D eigenvalue weighted by atomic mass is 9.62. The van der Waals surface area contributed by atoms with Gasteiger partial charge in [-0.1, -0.05) is 24.3 Å². The van der Waals surface area contributed by atoms with Crippen molar-refractivity contribution in [2.45, 2.75) is 70.3 Å². The molecule has 0 saturated carbocycles. The molecule has 0 radical (unpaired) electrons. The highest BCUT2D eigenvalue weighted by atomic mass is 19.4. The number of aryl methyl sites for hydroxylation is 1. The summed E-state index contributed by atoms with van der Waals surface area (Å²) < 4.78 is 74.7. The molecule has 1 spiro atoms. The number of amides is 2. The highest BCUT2D eigenvalue weighted by molar-refractivity contribution is 5.88. The van der Waals surface area contributed by atoms with Crippen LogP contribution in [-0.4, -0.2) is 74.0 Å². The lowest BCUT2D eigenvalue weighted by Crippen LogP contribution is -2.60. The number of ether oxygens (including phenoxy) is 3. The smallest absolute Gasteiger partial charge is 0.430 e. The molecule has 0 aliphatic carbocycles. The van der Waals surface area contributed by atoms with Crippen molar-refractivity contribution in [2.24, 2.45) is 5.41 Å². The molecule has 2 atom stereocenters. The van der Waals surface area contributed by atoms with E-state index in [4.69, 9.17) is 14.2 Å². The van der Waals surface area contributed by atoms with Gasteiger partial charge in [-0.25, -0.2) is 9.18 Å². The average Bonchev–Trinajstić information content (AvgIpc) is 2.92. The molecule has 7 nitrogen and oxygen atoms in total. The zero-order valence-electron chi connectivity index (χ0n) is 25.5. The Morgan fingerprint density at radius 1 is 0.930 bits per heavy atom. The molecule has 2 aromatic carbocycles. The summed E-state index contributed by atoms with van der Waals surface area (Å²) in [6.45, 7) is 7.66. The first-order valence-corrected chi connectivity index (χ1v) is 14.4. The van der Waals surface area contributed by atoms with Crippen molar-refractivity contribution in [2.75, 3.05) is 40.4 Å². The summed E-state index contributed by atoms with van der Waals surface area (Å²) in [5.41, 5.74) is -3.93. The number of rotatable bonds is 5. The van der Waals surface area contributed by atoms with Crippen LogP contribution >= 0.6 is 0 Å². The number of nitrogens with zero attached hydrogens (tertiary/aromatic N) is 2. The van der Waals surface area contributed by atoms with E-state index in [1.54, 1.807) is 32.8 Å². The maximum absolute atomic E-state index is 14.7. The van der Waals surface area contributed by atoms with E-state index in [0.717, 1.165) is 24.8 Å². The number of para-hydroxylation sites is 1. The maximum Gasteiger partial charge on any atom is 0.430 e. The Bertz CT molecular complexity index is 1310. The summed E-state index contributed by atoms with van der Waals surface area (Å²) in [6, 6.07) is 10.4. The van der Waals surface area contributed by atoms with Crippen molar-refractivity contribution >= 4 is 12.0 Å². The number of carbonyl (C=O) groups is 2. The van der Waals surface area contributed by atoms with Gasteiger partial charge in [0.1, 0.15) is 17.2 Å². The van der Waals surface area contributed by atoms with Gasteiger partial charge in [0.2, 0.25) is 0 Å². The number of alkyl halides is 3. The number of hydrogen-bond donors (Lipinski definition) is 0. The highest BCUT2D eigenvalue weighted by Gasteiger charge is 2.64. The van der Waals surface area contributed by atoms with Crippen LogP contribution in [0.4, 0.5) is 22.4 Å². The van der Waals surface area contributed by atoms with E-state index in [-0.39, 0.29) is 24.6 Å². The van der Waals surface area contributed by atoms with Crippen LogP contribution in [0.2, 0.25) is 0 Å². The molecule has 0 N–H and O–H groups in total. The number of piperidine rings is 2. The first-order chi connectivity index (χ1) is 20.1. The second-order valence-corrected chi connectivity index (χ2v) is 12.5. The number of carbonyl (C=O) groups excluding carboxylic acids is 2. The van der Waals surface area contributed by atoms with Gasteiger partial charge < -0.3 is 24.0 Å². The summed E-state index contributed by atoms with van der Waals surface area (Å²) in [6.07, 6.45) is -4.23. The van der Waals surface area contributed by atoms with Crippen LogP contribution in [0.3, 0.4) is 0 Å². The summed E-state index contributed by atoms with van der Waals surface area (Å²) in [4.78, 5) is 29.7. The monoisotopic (exact) mass is 608 g/mol. The van der Waals surface area contributed by atoms with E-state index in [0.29, 0.717) is 44.2 Å². The highest BCUT2D eigenvalue weighted by Crippen LogP contribution is 2.53. The van der Waals surface area contributed by atoms with Gasteiger partial charge in [0, 0.05) is 44.8 Å². The summed E-state index contributed by atoms with van der Waals surface area (Å²) in [5.74, 6) is -1.74. The first kappa shape index (κ1) is 32.6. The van der Waals surface area contributed by atoms with Crippen LogP contribution in [0, 0.1) is 18.2 Å². The molecule has 2 aliphatic heterocycles. The normalized spacial score (nSPS) is 20.5. The van der Waals surface area contributed by atoms with Crippen LogP contribution in [0.1, 0.15) is 62.6 Å². The molecular formula is C32H40F4N2O5. The van der Waals surface area contributed by atoms with E-state index < -0.39 is 46.2 Å². The molecule has 4 rings (SSSR count). The van der Waals surface area contributed by atoms with Crippen molar-refractivity contribution in [3.8, 4) is 5.75 Å². The molecule has 43 heavy (non-hydrogen) atoms. The first-order valence-electron chi connectivity index (χ1n) is 14.4. The minimum atomic E-state index is -5.15. The van der Waals surface area contributed by atoms with Crippen molar-refractivity contribution in [3.05, 3.63) is 65.0 Å². The zero-order chi connectivity index (χ0) is 31.8. The lowest BCUT2D eigenvalue weighted by molar-refractivity contribution is -0.271. The van der Waals surface area contributed by atoms with Gasteiger partial charge in [-0.2, -0.15) is 13.2 Å². The van der Waals surface area contributed by atoms with Crippen molar-refractivity contribution < 1.29 is 41.4 Å². The molecule has 2 aliphatic rings. The number of hydrogen-bond acceptors (Lipinski definition) is 5. The Hall–Kier alpha value is -3.34. The van der Waals surface area contributed by atoms with Gasteiger partial charge in [0.15, 0.2) is 0 Å². The fourth-order valence-electron chi connectivity index (χ4n) is 6.56. The third-order valence-corrected chi connectivity index (χ3v) is 8.69. The number of methoxy groups -OCH3 is 2. The second-order valence-electron chi connectivity index (χ2n) is 12.5. The predicted octanol–water partition coefficient (Wildman–Crippen LogP) is 6.58. The zero-order valence-corrected chi connectivity index (χ0v) is 25.5. The maximum atomic E-state index is 14.7. The predicted molar refractivity (Wildman–Crippen MR) is 152 cm³/mol. The van der Waals surface area contributed by atoms with Gasteiger partial charge in [-0.3, -0.25) is 4.79 Å². The molecule has 2 heterocycles. The third kappa shape index (κ3) is 6.32. The van der Waals surface area contributed by atoms with Gasteiger partial charge in [0.25, 0.3) is 11.5 Å². The van der Waals surface area contributed by atoms with Crippen LogP contribution in [0.5, 0.6) is 5.75 Å². The molecule has 0 bridgehead atoms. The molecule has 11 heteroatoms. The summed E-state index contributed by atoms with van der Waals surface area (Å²) in [7, 11) is 2.39. The Morgan fingerprint density at radius 2 is 1.53 bits per heavy atom. The van der Waals surface area contributed by atoms with Crippen LogP contribution in [0.25, 0.3) is 0 Å². The molecule has 236 valence electrons. The molecule has 2 aromatic rings. The largest absolute Gasteiger partial charge is 0.496 e. The molecule has 2 fully saturated rings. The molecule has 2 amide bonds.